The first kappa shape index (κ1) is 18.8. The maximum absolute atomic E-state index is 12.8. The maximum Gasteiger partial charge on any atom is 0.253 e. The molecule has 5 nitrogen and oxygen atoms in total. The van der Waals surface area contributed by atoms with Crippen molar-refractivity contribution in [3.63, 3.8) is 0 Å². The Morgan fingerprint density at radius 2 is 2.04 bits per heavy atom. The smallest absolute Gasteiger partial charge is 0.253 e. The lowest BCUT2D eigenvalue weighted by Crippen LogP contribution is -2.32. The van der Waals surface area contributed by atoms with Gasteiger partial charge in [-0.15, -0.1) is 11.8 Å². The largest absolute Gasteiger partial charge is 0.497 e. The Hall–Kier alpha value is -2.02. The fourth-order valence-electron chi connectivity index (χ4n) is 3.26. The van der Waals surface area contributed by atoms with Crippen LogP contribution in [0.4, 0.5) is 0 Å². The first-order valence-electron chi connectivity index (χ1n) is 8.65. The summed E-state index contributed by atoms with van der Waals surface area (Å²) in [6, 6.07) is 15.3. The minimum atomic E-state index is -0.0922. The number of carbonyl (C=O) groups is 1. The summed E-state index contributed by atoms with van der Waals surface area (Å²) < 4.78 is 5.29. The van der Waals surface area contributed by atoms with E-state index in [1.165, 1.54) is 0 Å². The molecule has 1 heterocycles. The Labute approximate surface area is 158 Å². The van der Waals surface area contributed by atoms with Gasteiger partial charge in [0.25, 0.3) is 5.91 Å². The minimum Gasteiger partial charge on any atom is -0.497 e. The summed E-state index contributed by atoms with van der Waals surface area (Å²) in [6.07, 6.45) is 0. The van der Waals surface area contributed by atoms with Crippen molar-refractivity contribution in [1.29, 1.82) is 0 Å². The number of nitrogens with zero attached hydrogens (tertiary/aromatic N) is 1. The van der Waals surface area contributed by atoms with Crippen LogP contribution in [0.25, 0.3) is 0 Å². The lowest BCUT2D eigenvalue weighted by Gasteiger charge is -2.17. The first-order chi connectivity index (χ1) is 12.6. The number of aliphatic hydroxyl groups is 1. The second kappa shape index (κ2) is 8.58. The van der Waals surface area contributed by atoms with E-state index in [2.05, 4.69) is 0 Å². The Morgan fingerprint density at radius 3 is 2.73 bits per heavy atom. The molecule has 6 heteroatoms. The molecular formula is C20H24N2O3S. The average Bonchev–Trinajstić information content (AvgIpc) is 3.08. The Balaban J connectivity index is 1.69. The molecule has 26 heavy (non-hydrogen) atoms. The number of hydrogen-bond acceptors (Lipinski definition) is 5. The van der Waals surface area contributed by atoms with Gasteiger partial charge in [0.15, 0.2) is 0 Å². The third-order valence-electron chi connectivity index (χ3n) is 4.64. The third-order valence-corrected chi connectivity index (χ3v) is 5.63. The number of amides is 1. The van der Waals surface area contributed by atoms with Gasteiger partial charge in [-0.05, 0) is 42.0 Å². The number of aliphatic hydroxyl groups excluding tert-OH is 1. The summed E-state index contributed by atoms with van der Waals surface area (Å²) >= 11 is 1.57. The number of nitrogens with two attached hydrogens (primary N) is 1. The highest BCUT2D eigenvalue weighted by atomic mass is 32.2. The highest BCUT2D eigenvalue weighted by Crippen LogP contribution is 2.30. The molecule has 0 saturated carbocycles. The molecule has 2 aromatic carbocycles. The van der Waals surface area contributed by atoms with Crippen LogP contribution >= 0.6 is 11.8 Å². The molecule has 0 unspecified atom stereocenters. The van der Waals surface area contributed by atoms with Crippen molar-refractivity contribution >= 4 is 17.7 Å². The van der Waals surface area contributed by atoms with E-state index < -0.39 is 0 Å². The fraction of sp³-hybridized carbons (Fsp3) is 0.350. The molecule has 3 N–H and O–H groups in total. The van der Waals surface area contributed by atoms with Crippen LogP contribution < -0.4 is 10.5 Å². The number of likely N-dealkylation sites (tertiary alicyclic amines) is 1. The van der Waals surface area contributed by atoms with Gasteiger partial charge in [-0.3, -0.25) is 4.79 Å². The predicted octanol–water partition coefficient (Wildman–Crippen LogP) is 2.35. The molecule has 0 aromatic heterocycles. The molecule has 2 atom stereocenters. The van der Waals surface area contributed by atoms with Crippen molar-refractivity contribution in [1.82, 2.24) is 4.90 Å². The molecule has 1 amide bonds. The van der Waals surface area contributed by atoms with E-state index in [1.54, 1.807) is 18.9 Å². The number of benzene rings is 2. The van der Waals surface area contributed by atoms with Gasteiger partial charge in [-0.25, -0.2) is 0 Å². The van der Waals surface area contributed by atoms with Crippen molar-refractivity contribution < 1.29 is 14.6 Å². The molecule has 0 radical (unpaired) electrons. The van der Waals surface area contributed by atoms with Gasteiger partial charge < -0.3 is 20.5 Å². The van der Waals surface area contributed by atoms with E-state index in [-0.39, 0.29) is 24.5 Å². The zero-order valence-electron chi connectivity index (χ0n) is 14.8. The molecule has 0 aliphatic carbocycles. The monoisotopic (exact) mass is 372 g/mol. The van der Waals surface area contributed by atoms with Crippen LogP contribution in [0.5, 0.6) is 5.75 Å². The van der Waals surface area contributed by atoms with E-state index in [0.717, 1.165) is 16.2 Å². The standard InChI is InChI=1S/C20H24N2O3S/c1-25-16-4-2-3-15(11-16)18-12-22(13-19(18)21)20(24)14-5-7-17(8-6-14)26-10-9-23/h2-8,11,18-19,23H,9-10,12-13,21H2,1H3/t18-,19+/m1/s1. The van der Waals surface area contributed by atoms with Gasteiger partial charge in [0, 0.05) is 41.3 Å². The zero-order valence-corrected chi connectivity index (χ0v) is 15.6. The lowest BCUT2D eigenvalue weighted by atomic mass is 9.95. The van der Waals surface area contributed by atoms with Gasteiger partial charge in [-0.1, -0.05) is 12.1 Å². The number of thioether (sulfide) groups is 1. The van der Waals surface area contributed by atoms with Gasteiger partial charge >= 0.3 is 0 Å². The summed E-state index contributed by atoms with van der Waals surface area (Å²) in [5, 5.41) is 8.89. The summed E-state index contributed by atoms with van der Waals surface area (Å²) in [6.45, 7) is 1.29. The van der Waals surface area contributed by atoms with Crippen molar-refractivity contribution in [2.75, 3.05) is 32.6 Å². The van der Waals surface area contributed by atoms with Gasteiger partial charge in [0.1, 0.15) is 5.75 Å². The van der Waals surface area contributed by atoms with Gasteiger partial charge in [-0.2, -0.15) is 0 Å². The van der Waals surface area contributed by atoms with E-state index in [4.69, 9.17) is 15.6 Å². The third kappa shape index (κ3) is 4.20. The topological polar surface area (TPSA) is 75.8 Å². The summed E-state index contributed by atoms with van der Waals surface area (Å²) in [7, 11) is 1.64. The zero-order chi connectivity index (χ0) is 18.5. The summed E-state index contributed by atoms with van der Waals surface area (Å²) in [5.41, 5.74) is 8.09. The fourth-order valence-corrected chi connectivity index (χ4v) is 3.91. The Bertz CT molecular complexity index is 751. The van der Waals surface area contributed by atoms with Crippen LogP contribution in [0.15, 0.2) is 53.4 Å². The number of ether oxygens (including phenoxy) is 1. The normalized spacial score (nSPS) is 19.6. The van der Waals surface area contributed by atoms with Crippen LogP contribution in [-0.4, -0.2) is 54.5 Å². The van der Waals surface area contributed by atoms with Crippen LogP contribution in [0.2, 0.25) is 0 Å². The Kier molecular flexibility index (Phi) is 6.19. The van der Waals surface area contributed by atoms with Gasteiger partial charge in [0.2, 0.25) is 0 Å². The van der Waals surface area contributed by atoms with E-state index >= 15 is 0 Å². The second-order valence-electron chi connectivity index (χ2n) is 6.35. The highest BCUT2D eigenvalue weighted by molar-refractivity contribution is 7.99. The molecule has 3 rings (SSSR count). The van der Waals surface area contributed by atoms with Crippen LogP contribution in [0.3, 0.4) is 0 Å². The molecule has 1 saturated heterocycles. The van der Waals surface area contributed by atoms with E-state index in [9.17, 15) is 4.79 Å². The van der Waals surface area contributed by atoms with Crippen molar-refractivity contribution in [2.24, 2.45) is 5.73 Å². The molecule has 0 bridgehead atoms. The number of rotatable bonds is 6. The lowest BCUT2D eigenvalue weighted by molar-refractivity contribution is 0.0789. The first-order valence-corrected chi connectivity index (χ1v) is 9.63. The summed E-state index contributed by atoms with van der Waals surface area (Å²) in [4.78, 5) is 15.7. The maximum atomic E-state index is 12.8. The van der Waals surface area contributed by atoms with Crippen molar-refractivity contribution in [2.45, 2.75) is 16.9 Å². The molecular weight excluding hydrogens is 348 g/mol. The SMILES string of the molecule is COc1cccc([C@H]2CN(C(=O)c3ccc(SCCO)cc3)C[C@@H]2N)c1. The van der Waals surface area contributed by atoms with E-state index in [1.807, 2.05) is 53.4 Å². The molecule has 0 spiro atoms. The Morgan fingerprint density at radius 1 is 1.27 bits per heavy atom. The van der Waals surface area contributed by atoms with Crippen LogP contribution in [0, 0.1) is 0 Å². The highest BCUT2D eigenvalue weighted by Gasteiger charge is 2.34. The van der Waals surface area contributed by atoms with Crippen LogP contribution in [0.1, 0.15) is 21.8 Å². The number of methoxy groups -OCH3 is 1. The van der Waals surface area contributed by atoms with Crippen molar-refractivity contribution in [3.8, 4) is 5.75 Å². The molecule has 138 valence electrons. The quantitative estimate of drug-likeness (QED) is 0.762. The van der Waals surface area contributed by atoms with Crippen molar-refractivity contribution in [3.05, 3.63) is 59.7 Å². The second-order valence-corrected chi connectivity index (χ2v) is 7.52. The molecule has 1 fully saturated rings. The average molecular weight is 372 g/mol. The predicted molar refractivity (Wildman–Crippen MR) is 104 cm³/mol. The summed E-state index contributed by atoms with van der Waals surface area (Å²) in [5.74, 6) is 1.56. The number of carbonyl (C=O) groups excluding carboxylic acids is 1. The van der Waals surface area contributed by atoms with Gasteiger partial charge in [0.05, 0.1) is 13.7 Å². The molecule has 2 aromatic rings. The molecule has 1 aliphatic heterocycles. The minimum absolute atomic E-state index is 0.00422. The molecule has 1 aliphatic rings. The van der Waals surface area contributed by atoms with Crippen LogP contribution in [-0.2, 0) is 0 Å². The van der Waals surface area contributed by atoms with E-state index in [0.29, 0.717) is 24.4 Å². The number of hydrogen-bond donors (Lipinski definition) is 2.